The fraction of sp³-hybridized carbons (Fsp3) is 0.267. The van der Waals surface area contributed by atoms with Crippen LogP contribution in [-0.4, -0.2) is 26.8 Å². The molecule has 6 nitrogen and oxygen atoms in total. The minimum Gasteiger partial charge on any atom is -0.481 e. The number of nitrogens with one attached hydrogen (secondary N) is 1. The number of fused-ring (bicyclic) bond motifs is 1. The largest absolute Gasteiger partial charge is 0.481 e. The van der Waals surface area contributed by atoms with Gasteiger partial charge in [0.15, 0.2) is 0 Å². The van der Waals surface area contributed by atoms with Crippen LogP contribution in [-0.2, 0) is 16.1 Å². The Balaban J connectivity index is 2.18. The molecule has 0 bridgehead atoms. The summed E-state index contributed by atoms with van der Waals surface area (Å²) in [5.74, 6) is -2.70. The Hall–Kier alpha value is -2.63. The topological polar surface area (TPSA) is 84.2 Å². The third-order valence-electron chi connectivity index (χ3n) is 3.78. The molecule has 0 aliphatic carbocycles. The molecule has 2 atom stereocenters. The van der Waals surface area contributed by atoms with Gasteiger partial charge in [-0.15, -0.1) is 0 Å². The number of nitrogens with zero attached hydrogens (tertiary/aromatic N) is 2. The van der Waals surface area contributed by atoms with Gasteiger partial charge in [0.1, 0.15) is 11.7 Å². The standard InChI is InChI=1S/C15H15N3O3/c1-2-18-13-10(8-16-18)11(9-6-4-3-5-7-9)12(15(20)21)14(19)17-13/h3-8,11-12H,2H2,1H3,(H,17,19)(H,20,21). The van der Waals surface area contributed by atoms with Crippen LogP contribution >= 0.6 is 0 Å². The molecule has 0 spiro atoms. The van der Waals surface area contributed by atoms with E-state index in [2.05, 4.69) is 10.4 Å². The van der Waals surface area contributed by atoms with Gasteiger partial charge < -0.3 is 10.4 Å². The number of hydrogen-bond acceptors (Lipinski definition) is 3. The van der Waals surface area contributed by atoms with Crippen molar-refractivity contribution >= 4 is 17.7 Å². The highest BCUT2D eigenvalue weighted by atomic mass is 16.4. The van der Waals surface area contributed by atoms with Crippen LogP contribution in [0.5, 0.6) is 0 Å². The van der Waals surface area contributed by atoms with Gasteiger partial charge in [0, 0.05) is 18.0 Å². The number of amides is 1. The lowest BCUT2D eigenvalue weighted by Gasteiger charge is -2.29. The van der Waals surface area contributed by atoms with Gasteiger partial charge in [0.2, 0.25) is 5.91 Å². The molecule has 1 aromatic heterocycles. The number of carbonyl (C=O) groups is 2. The number of aliphatic carboxylic acids is 1. The monoisotopic (exact) mass is 285 g/mol. The SMILES string of the molecule is CCn1ncc2c1NC(=O)C(C(=O)O)C2c1ccccc1. The maximum atomic E-state index is 12.2. The molecule has 2 unspecified atom stereocenters. The molecular formula is C15H15N3O3. The quantitative estimate of drug-likeness (QED) is 0.840. The first-order chi connectivity index (χ1) is 10.1. The first kappa shape index (κ1) is 13.4. The number of aryl methyl sites for hydroxylation is 1. The third-order valence-corrected chi connectivity index (χ3v) is 3.78. The smallest absolute Gasteiger partial charge is 0.317 e. The van der Waals surface area contributed by atoms with Gasteiger partial charge in [-0.3, -0.25) is 9.59 Å². The molecule has 2 N–H and O–H groups in total. The minimum absolute atomic E-state index is 0.501. The summed E-state index contributed by atoms with van der Waals surface area (Å²) in [5.41, 5.74) is 1.55. The summed E-state index contributed by atoms with van der Waals surface area (Å²) < 4.78 is 1.67. The van der Waals surface area contributed by atoms with Crippen LogP contribution in [0.1, 0.15) is 24.0 Å². The predicted molar refractivity (Wildman–Crippen MR) is 75.9 cm³/mol. The van der Waals surface area contributed by atoms with Gasteiger partial charge in [0.25, 0.3) is 0 Å². The zero-order valence-corrected chi connectivity index (χ0v) is 11.5. The summed E-state index contributed by atoms with van der Waals surface area (Å²) in [6.07, 6.45) is 1.64. The van der Waals surface area contributed by atoms with Crippen molar-refractivity contribution in [2.24, 2.45) is 5.92 Å². The van der Waals surface area contributed by atoms with E-state index in [0.29, 0.717) is 12.4 Å². The molecule has 2 aromatic rings. The summed E-state index contributed by atoms with van der Waals surface area (Å²) in [6.45, 7) is 2.52. The molecular weight excluding hydrogens is 270 g/mol. The van der Waals surface area contributed by atoms with Crippen molar-refractivity contribution in [2.45, 2.75) is 19.4 Å². The Labute approximate surface area is 121 Å². The summed E-state index contributed by atoms with van der Waals surface area (Å²) in [5, 5.41) is 16.3. The van der Waals surface area contributed by atoms with E-state index in [-0.39, 0.29) is 0 Å². The molecule has 6 heteroatoms. The third kappa shape index (κ3) is 2.08. The first-order valence-corrected chi connectivity index (χ1v) is 6.77. The molecule has 0 fully saturated rings. The number of rotatable bonds is 3. The second kappa shape index (κ2) is 5.05. The molecule has 108 valence electrons. The van der Waals surface area contributed by atoms with E-state index in [9.17, 15) is 14.7 Å². The molecule has 3 rings (SSSR count). The maximum Gasteiger partial charge on any atom is 0.317 e. The average molecular weight is 285 g/mol. The molecule has 1 aliphatic heterocycles. The molecule has 1 aromatic carbocycles. The first-order valence-electron chi connectivity index (χ1n) is 6.77. The van der Waals surface area contributed by atoms with Gasteiger partial charge in [-0.05, 0) is 12.5 Å². The molecule has 2 heterocycles. The summed E-state index contributed by atoms with van der Waals surface area (Å²) in [4.78, 5) is 23.8. The van der Waals surface area contributed by atoms with Crippen LogP contribution in [0.2, 0.25) is 0 Å². The Morgan fingerprint density at radius 1 is 1.38 bits per heavy atom. The van der Waals surface area contributed by atoms with E-state index in [4.69, 9.17) is 0 Å². The van der Waals surface area contributed by atoms with Crippen molar-refractivity contribution < 1.29 is 14.7 Å². The molecule has 0 radical (unpaired) electrons. The predicted octanol–water partition coefficient (Wildman–Crippen LogP) is 1.69. The van der Waals surface area contributed by atoms with Crippen LogP contribution in [0.3, 0.4) is 0 Å². The van der Waals surface area contributed by atoms with Crippen LogP contribution in [0, 0.1) is 5.92 Å². The number of hydrogen-bond donors (Lipinski definition) is 2. The molecule has 21 heavy (non-hydrogen) atoms. The Morgan fingerprint density at radius 2 is 2.10 bits per heavy atom. The van der Waals surface area contributed by atoms with Gasteiger partial charge in [-0.25, -0.2) is 4.68 Å². The van der Waals surface area contributed by atoms with Crippen molar-refractivity contribution in [1.29, 1.82) is 0 Å². The maximum absolute atomic E-state index is 12.2. The van der Waals surface area contributed by atoms with Crippen molar-refractivity contribution in [3.8, 4) is 0 Å². The fourth-order valence-corrected chi connectivity index (χ4v) is 2.82. The van der Waals surface area contributed by atoms with Crippen LogP contribution in [0.4, 0.5) is 5.82 Å². The highest BCUT2D eigenvalue weighted by molar-refractivity contribution is 6.07. The lowest BCUT2D eigenvalue weighted by molar-refractivity contribution is -0.146. The van der Waals surface area contributed by atoms with Crippen LogP contribution in [0.15, 0.2) is 36.5 Å². The van der Waals surface area contributed by atoms with Crippen molar-refractivity contribution in [2.75, 3.05) is 5.32 Å². The minimum atomic E-state index is -1.14. The van der Waals surface area contributed by atoms with Crippen molar-refractivity contribution in [1.82, 2.24) is 9.78 Å². The number of carbonyl (C=O) groups excluding carboxylic acids is 1. The number of anilines is 1. The summed E-state index contributed by atoms with van der Waals surface area (Å²) in [6, 6.07) is 9.21. The normalized spacial score (nSPS) is 20.7. The van der Waals surface area contributed by atoms with Crippen molar-refractivity contribution in [3.63, 3.8) is 0 Å². The number of carboxylic acid groups (broad SMARTS) is 1. The van der Waals surface area contributed by atoms with Crippen molar-refractivity contribution in [3.05, 3.63) is 47.7 Å². The summed E-state index contributed by atoms with van der Waals surface area (Å²) in [7, 11) is 0. The van der Waals surface area contributed by atoms with E-state index >= 15 is 0 Å². The Bertz CT molecular complexity index is 693. The molecule has 1 aliphatic rings. The van der Waals surface area contributed by atoms with E-state index in [1.54, 1.807) is 10.9 Å². The lowest BCUT2D eigenvalue weighted by Crippen LogP contribution is -2.39. The zero-order valence-electron chi connectivity index (χ0n) is 11.5. The second-order valence-corrected chi connectivity index (χ2v) is 4.96. The van der Waals surface area contributed by atoms with Gasteiger partial charge in [-0.2, -0.15) is 5.10 Å². The van der Waals surface area contributed by atoms with Gasteiger partial charge in [0.05, 0.1) is 6.20 Å². The highest BCUT2D eigenvalue weighted by Gasteiger charge is 2.43. The molecule has 0 saturated heterocycles. The van der Waals surface area contributed by atoms with E-state index in [1.807, 2.05) is 37.3 Å². The average Bonchev–Trinajstić information content (AvgIpc) is 2.88. The molecule has 1 amide bonds. The van der Waals surface area contributed by atoms with Gasteiger partial charge >= 0.3 is 5.97 Å². The second-order valence-electron chi connectivity index (χ2n) is 4.96. The van der Waals surface area contributed by atoms with E-state index in [1.165, 1.54) is 0 Å². The fourth-order valence-electron chi connectivity index (χ4n) is 2.82. The van der Waals surface area contributed by atoms with E-state index in [0.717, 1.165) is 11.1 Å². The highest BCUT2D eigenvalue weighted by Crippen LogP contribution is 2.40. The van der Waals surface area contributed by atoms with E-state index < -0.39 is 23.7 Å². The Kier molecular flexibility index (Phi) is 3.21. The van der Waals surface area contributed by atoms with Crippen LogP contribution in [0.25, 0.3) is 0 Å². The number of aromatic nitrogens is 2. The van der Waals surface area contributed by atoms with Crippen LogP contribution < -0.4 is 5.32 Å². The molecule has 0 saturated carbocycles. The summed E-state index contributed by atoms with van der Waals surface area (Å²) >= 11 is 0. The Morgan fingerprint density at radius 3 is 2.71 bits per heavy atom. The number of carboxylic acids is 1. The van der Waals surface area contributed by atoms with Gasteiger partial charge in [-0.1, -0.05) is 30.3 Å². The number of benzene rings is 1. The zero-order chi connectivity index (χ0) is 15.0. The lowest BCUT2D eigenvalue weighted by atomic mass is 9.79.